The Labute approximate surface area is 230 Å². The molecule has 10 nitrogen and oxygen atoms in total. The van der Waals surface area contributed by atoms with Crippen molar-refractivity contribution in [3.05, 3.63) is 83.4 Å². The topological polar surface area (TPSA) is 137 Å². The summed E-state index contributed by atoms with van der Waals surface area (Å²) in [4.78, 5) is 23.8. The Balaban J connectivity index is 1.68. The maximum Gasteiger partial charge on any atom is 0.242 e. The zero-order valence-electron chi connectivity index (χ0n) is 21.7. The number of hydrogen-bond acceptors (Lipinski definition) is 8. The van der Waals surface area contributed by atoms with Crippen molar-refractivity contribution in [2.45, 2.75) is 23.9 Å². The number of thioether (sulfide) groups is 1. The third-order valence-corrected chi connectivity index (χ3v) is 8.64. The highest BCUT2D eigenvalue weighted by molar-refractivity contribution is 7.99. The second-order valence-electron chi connectivity index (χ2n) is 8.90. The molecule has 3 aromatic carbocycles. The molecule has 0 unspecified atom stereocenters. The zero-order valence-corrected chi connectivity index (χ0v) is 23.3. The molecule has 4 rings (SSSR count). The predicted molar refractivity (Wildman–Crippen MR) is 147 cm³/mol. The van der Waals surface area contributed by atoms with Crippen LogP contribution in [0.4, 0.5) is 5.69 Å². The van der Waals surface area contributed by atoms with Crippen LogP contribution in [0.25, 0.3) is 17.1 Å². The van der Waals surface area contributed by atoms with Gasteiger partial charge in [-0.05, 0) is 54.8 Å². The van der Waals surface area contributed by atoms with E-state index in [2.05, 4.69) is 15.5 Å². The number of amides is 1. The molecule has 0 spiro atoms. The molecule has 4 aromatic rings. The lowest BCUT2D eigenvalue weighted by molar-refractivity contribution is -0.255. The number of aromatic carboxylic acids is 1. The van der Waals surface area contributed by atoms with Gasteiger partial charge in [-0.3, -0.25) is 9.36 Å². The summed E-state index contributed by atoms with van der Waals surface area (Å²) in [6.07, 6.45) is 0. The van der Waals surface area contributed by atoms with Crippen LogP contribution in [-0.4, -0.2) is 59.2 Å². The van der Waals surface area contributed by atoms with Gasteiger partial charge in [0.1, 0.15) is 0 Å². The van der Waals surface area contributed by atoms with Gasteiger partial charge in [-0.15, -0.1) is 10.2 Å². The van der Waals surface area contributed by atoms with Crippen LogP contribution in [0.2, 0.25) is 0 Å². The van der Waals surface area contributed by atoms with Crippen molar-refractivity contribution in [2.24, 2.45) is 0 Å². The molecule has 0 saturated heterocycles. The quantitative estimate of drug-likeness (QED) is 0.307. The molecular formula is C27H26N5O5S2-. The van der Waals surface area contributed by atoms with Crippen molar-refractivity contribution in [1.29, 1.82) is 0 Å². The van der Waals surface area contributed by atoms with E-state index < -0.39 is 16.0 Å². The van der Waals surface area contributed by atoms with E-state index in [4.69, 9.17) is 0 Å². The van der Waals surface area contributed by atoms with Gasteiger partial charge in [-0.2, -0.15) is 0 Å². The van der Waals surface area contributed by atoms with Crippen LogP contribution in [0, 0.1) is 13.8 Å². The van der Waals surface area contributed by atoms with Crippen LogP contribution >= 0.6 is 11.8 Å². The van der Waals surface area contributed by atoms with E-state index in [-0.39, 0.29) is 22.1 Å². The van der Waals surface area contributed by atoms with Gasteiger partial charge in [-0.25, -0.2) is 12.7 Å². The van der Waals surface area contributed by atoms with E-state index in [9.17, 15) is 23.1 Å². The number of benzene rings is 3. The Morgan fingerprint density at radius 2 is 1.62 bits per heavy atom. The molecule has 0 aliphatic carbocycles. The summed E-state index contributed by atoms with van der Waals surface area (Å²) in [7, 11) is -0.730. The number of carbonyl (C=O) groups excluding carboxylic acids is 2. The van der Waals surface area contributed by atoms with Crippen LogP contribution in [0.5, 0.6) is 0 Å². The fraction of sp³-hybridized carbons (Fsp3) is 0.185. The fourth-order valence-electron chi connectivity index (χ4n) is 3.93. The summed E-state index contributed by atoms with van der Waals surface area (Å²) in [5.74, 6) is -1.18. The summed E-state index contributed by atoms with van der Waals surface area (Å²) in [5, 5.41) is 22.9. The summed E-state index contributed by atoms with van der Waals surface area (Å²) in [6.45, 7) is 3.91. The Bertz CT molecular complexity index is 1630. The second-order valence-corrected chi connectivity index (χ2v) is 12.0. The Morgan fingerprint density at radius 1 is 0.974 bits per heavy atom. The number of carboxylic acid groups (broad SMARTS) is 1. The number of nitrogens with one attached hydrogen (secondary N) is 1. The maximum atomic E-state index is 12.8. The van der Waals surface area contributed by atoms with Gasteiger partial charge < -0.3 is 15.2 Å². The first-order chi connectivity index (χ1) is 18.5. The van der Waals surface area contributed by atoms with Crippen molar-refractivity contribution < 1.29 is 23.1 Å². The molecule has 1 aromatic heterocycles. The molecular weight excluding hydrogens is 538 g/mol. The molecule has 202 valence electrons. The molecule has 0 aliphatic rings. The molecule has 0 saturated carbocycles. The average molecular weight is 565 g/mol. The average Bonchev–Trinajstić information content (AvgIpc) is 3.31. The molecule has 0 aliphatic heterocycles. The number of sulfonamides is 1. The van der Waals surface area contributed by atoms with E-state index in [0.717, 1.165) is 21.1 Å². The number of carboxylic acids is 1. The predicted octanol–water partition coefficient (Wildman–Crippen LogP) is 2.90. The molecule has 0 radical (unpaired) electrons. The monoisotopic (exact) mass is 564 g/mol. The van der Waals surface area contributed by atoms with Crippen molar-refractivity contribution in [3.8, 4) is 17.1 Å². The highest BCUT2D eigenvalue weighted by atomic mass is 32.2. The minimum Gasteiger partial charge on any atom is -0.545 e. The summed E-state index contributed by atoms with van der Waals surface area (Å²) in [5.41, 5.74) is 3.75. The number of carbonyl (C=O) groups is 2. The van der Waals surface area contributed by atoms with E-state index in [0.29, 0.717) is 22.2 Å². The van der Waals surface area contributed by atoms with E-state index >= 15 is 0 Å². The van der Waals surface area contributed by atoms with Gasteiger partial charge in [0.15, 0.2) is 11.0 Å². The Kier molecular flexibility index (Phi) is 8.19. The fourth-order valence-corrected chi connectivity index (χ4v) is 5.62. The molecule has 1 N–H and O–H groups in total. The third-order valence-electron chi connectivity index (χ3n) is 5.90. The van der Waals surface area contributed by atoms with Crippen LogP contribution < -0.4 is 10.4 Å². The lowest BCUT2D eigenvalue weighted by Gasteiger charge is -2.16. The molecule has 1 amide bonds. The first-order valence-electron chi connectivity index (χ1n) is 11.8. The van der Waals surface area contributed by atoms with Gasteiger partial charge in [0.2, 0.25) is 15.9 Å². The van der Waals surface area contributed by atoms with Gasteiger partial charge in [0.25, 0.3) is 0 Å². The van der Waals surface area contributed by atoms with Crippen LogP contribution in [-0.2, 0) is 14.8 Å². The molecule has 12 heteroatoms. The number of rotatable bonds is 9. The minimum atomic E-state index is -3.67. The zero-order chi connectivity index (χ0) is 28.3. The SMILES string of the molecule is Cc1cccc(C)c1-n1c(SCC(=O)Nc2ccc(C(=O)[O-])cc2)nnc1-c1cccc(S(=O)(=O)N(C)C)c1. The number of para-hydroxylation sites is 1. The summed E-state index contributed by atoms with van der Waals surface area (Å²) in [6, 6.07) is 18.0. The second kappa shape index (κ2) is 11.4. The van der Waals surface area contributed by atoms with Crippen molar-refractivity contribution in [1.82, 2.24) is 19.1 Å². The third kappa shape index (κ3) is 6.03. The highest BCUT2D eigenvalue weighted by Gasteiger charge is 2.23. The van der Waals surface area contributed by atoms with Gasteiger partial charge in [0, 0.05) is 25.3 Å². The first kappa shape index (κ1) is 28.0. The van der Waals surface area contributed by atoms with Crippen LogP contribution in [0.15, 0.2) is 76.8 Å². The molecule has 0 bridgehead atoms. The van der Waals surface area contributed by atoms with Gasteiger partial charge in [0.05, 0.1) is 22.3 Å². The standard InChI is InChI=1S/C27H27N5O5S2/c1-17-7-5-8-18(2)24(17)32-25(20-9-6-10-22(15-20)39(36,37)31(3)4)29-30-27(32)38-16-23(33)28-21-13-11-19(12-14-21)26(34)35/h5-15H,16H2,1-4H3,(H,28,33)(H,34,35)/p-1. The molecule has 1 heterocycles. The number of anilines is 1. The van der Waals surface area contributed by atoms with E-state index in [1.54, 1.807) is 18.2 Å². The molecule has 0 fully saturated rings. The maximum absolute atomic E-state index is 12.8. The summed E-state index contributed by atoms with van der Waals surface area (Å²) < 4.78 is 28.5. The van der Waals surface area contributed by atoms with Gasteiger partial charge in [-0.1, -0.05) is 54.2 Å². The number of hydrogen-bond donors (Lipinski definition) is 1. The molecule has 39 heavy (non-hydrogen) atoms. The Morgan fingerprint density at radius 3 is 2.23 bits per heavy atom. The van der Waals surface area contributed by atoms with Crippen molar-refractivity contribution >= 4 is 39.3 Å². The van der Waals surface area contributed by atoms with E-state index in [1.165, 1.54) is 56.2 Å². The highest BCUT2D eigenvalue weighted by Crippen LogP contribution is 2.32. The van der Waals surface area contributed by atoms with Crippen molar-refractivity contribution in [2.75, 3.05) is 25.2 Å². The smallest absolute Gasteiger partial charge is 0.242 e. The van der Waals surface area contributed by atoms with Crippen LogP contribution in [0.3, 0.4) is 0 Å². The number of aryl methyl sites for hydroxylation is 2. The van der Waals surface area contributed by atoms with Gasteiger partial charge >= 0.3 is 0 Å². The van der Waals surface area contributed by atoms with Crippen LogP contribution in [0.1, 0.15) is 21.5 Å². The molecule has 0 atom stereocenters. The number of aromatic nitrogens is 3. The first-order valence-corrected chi connectivity index (χ1v) is 14.2. The van der Waals surface area contributed by atoms with Crippen molar-refractivity contribution in [3.63, 3.8) is 0 Å². The van der Waals surface area contributed by atoms with E-state index in [1.807, 2.05) is 36.6 Å². The normalized spacial score (nSPS) is 11.5. The minimum absolute atomic E-state index is 0.000345. The Hall–Kier alpha value is -4.00. The summed E-state index contributed by atoms with van der Waals surface area (Å²) >= 11 is 1.17. The largest absolute Gasteiger partial charge is 0.545 e. The lowest BCUT2D eigenvalue weighted by Crippen LogP contribution is -2.22. The number of nitrogens with zero attached hydrogens (tertiary/aromatic N) is 4. The lowest BCUT2D eigenvalue weighted by atomic mass is 10.1.